The van der Waals surface area contributed by atoms with E-state index in [0.29, 0.717) is 6.54 Å². The monoisotopic (exact) mass is 407 g/mol. The fraction of sp³-hybridized carbons (Fsp3) is 0.885. The summed E-state index contributed by atoms with van der Waals surface area (Å²) in [6.45, 7) is 3.90. The summed E-state index contributed by atoms with van der Waals surface area (Å²) in [4.78, 5) is 11.6. The van der Waals surface area contributed by atoms with Crippen LogP contribution in [0, 0.1) is 5.41 Å². The molecule has 170 valence electrons. The van der Waals surface area contributed by atoms with Gasteiger partial charge in [-0.05, 0) is 51.5 Å². The van der Waals surface area contributed by atoms with Crippen molar-refractivity contribution in [3.8, 4) is 0 Å². The molecule has 0 atom stereocenters. The normalized spacial score (nSPS) is 16.4. The molecule has 1 saturated carbocycles. The second kappa shape index (κ2) is 18.0. The minimum absolute atomic E-state index is 0.485. The molecule has 0 radical (unpaired) electrons. The van der Waals surface area contributed by atoms with Crippen LogP contribution in [0.15, 0.2) is 12.2 Å². The number of rotatable bonds is 19. The molecule has 1 aliphatic carbocycles. The van der Waals surface area contributed by atoms with Crippen LogP contribution in [0.25, 0.3) is 0 Å². The Hall–Kier alpha value is -0.830. The number of carboxylic acid groups (broad SMARTS) is 1. The number of hydrogen-bond donors (Lipinski definition) is 2. The molecule has 0 heterocycles. The van der Waals surface area contributed by atoms with Crippen molar-refractivity contribution in [2.45, 2.75) is 129 Å². The van der Waals surface area contributed by atoms with E-state index in [1.54, 1.807) is 0 Å². The van der Waals surface area contributed by atoms with E-state index in [-0.39, 0.29) is 0 Å². The van der Waals surface area contributed by atoms with Gasteiger partial charge in [0, 0.05) is 6.54 Å². The van der Waals surface area contributed by atoms with Gasteiger partial charge in [0.2, 0.25) is 0 Å². The minimum atomic E-state index is -0.592. The molecule has 0 aromatic carbocycles. The maximum Gasteiger partial charge on any atom is 0.310 e. The second-order valence-corrected chi connectivity index (χ2v) is 9.26. The van der Waals surface area contributed by atoms with Crippen molar-refractivity contribution in [2.24, 2.45) is 5.41 Å². The summed E-state index contributed by atoms with van der Waals surface area (Å²) in [6, 6.07) is 0. The predicted molar refractivity (Wildman–Crippen MR) is 125 cm³/mol. The highest BCUT2D eigenvalue weighted by Gasteiger charge is 2.38. The summed E-state index contributed by atoms with van der Waals surface area (Å²) in [5, 5.41) is 13.0. The van der Waals surface area contributed by atoms with Crippen molar-refractivity contribution in [1.29, 1.82) is 0 Å². The lowest BCUT2D eigenvalue weighted by Crippen LogP contribution is -2.42. The lowest BCUT2D eigenvalue weighted by atomic mass is 9.74. The lowest BCUT2D eigenvalue weighted by molar-refractivity contribution is -0.150. The summed E-state index contributed by atoms with van der Waals surface area (Å²) in [5.41, 5.74) is -0.485. The number of aliphatic carboxylic acids is 1. The molecular weight excluding hydrogens is 358 g/mol. The summed E-state index contributed by atoms with van der Waals surface area (Å²) in [7, 11) is 0. The van der Waals surface area contributed by atoms with Crippen molar-refractivity contribution >= 4 is 5.97 Å². The molecule has 3 nitrogen and oxygen atoms in total. The van der Waals surface area contributed by atoms with Gasteiger partial charge in [-0.3, -0.25) is 4.79 Å². The van der Waals surface area contributed by atoms with Crippen LogP contribution < -0.4 is 5.32 Å². The van der Waals surface area contributed by atoms with Gasteiger partial charge in [-0.15, -0.1) is 0 Å². The zero-order valence-electron chi connectivity index (χ0n) is 19.4. The minimum Gasteiger partial charge on any atom is -0.481 e. The molecular formula is C26H49NO2. The topological polar surface area (TPSA) is 49.3 Å². The van der Waals surface area contributed by atoms with Crippen molar-refractivity contribution < 1.29 is 9.90 Å². The molecule has 0 spiro atoms. The Labute approximate surface area is 181 Å². The first-order valence-corrected chi connectivity index (χ1v) is 12.8. The molecule has 0 bridgehead atoms. The van der Waals surface area contributed by atoms with E-state index in [1.165, 1.54) is 96.3 Å². The number of allylic oxidation sites excluding steroid dienone is 2. The van der Waals surface area contributed by atoms with Gasteiger partial charge in [0.15, 0.2) is 0 Å². The van der Waals surface area contributed by atoms with E-state index in [1.807, 2.05) is 0 Å². The molecule has 0 unspecified atom stereocenters. The number of carbonyl (C=O) groups is 1. The molecule has 0 aromatic rings. The van der Waals surface area contributed by atoms with Gasteiger partial charge >= 0.3 is 5.97 Å². The third-order valence-corrected chi connectivity index (χ3v) is 6.59. The summed E-state index contributed by atoms with van der Waals surface area (Å²) in [5.74, 6) is -0.592. The molecule has 2 N–H and O–H groups in total. The molecule has 3 heteroatoms. The van der Waals surface area contributed by atoms with Gasteiger partial charge in [0.25, 0.3) is 0 Å². The van der Waals surface area contributed by atoms with Crippen molar-refractivity contribution in [3.63, 3.8) is 0 Å². The fourth-order valence-electron chi connectivity index (χ4n) is 4.52. The average molecular weight is 408 g/mol. The third kappa shape index (κ3) is 13.2. The maximum absolute atomic E-state index is 11.6. The Bertz CT molecular complexity index is 413. The smallest absolute Gasteiger partial charge is 0.310 e. The first-order chi connectivity index (χ1) is 14.2. The average Bonchev–Trinajstić information content (AvgIpc) is 2.73. The highest BCUT2D eigenvalue weighted by atomic mass is 16.4. The predicted octanol–water partition coefficient (Wildman–Crippen LogP) is 7.65. The quantitative estimate of drug-likeness (QED) is 0.171. The van der Waals surface area contributed by atoms with E-state index < -0.39 is 11.4 Å². The SMILES string of the molecule is CCCCCCCCC=CCCCCCCCCNCC1(C(=O)O)CCCCC1. The highest BCUT2D eigenvalue weighted by molar-refractivity contribution is 5.75. The number of hydrogen-bond acceptors (Lipinski definition) is 2. The Balaban J connectivity index is 1.84. The number of nitrogens with one attached hydrogen (secondary N) is 1. The Kier molecular flexibility index (Phi) is 16.2. The first kappa shape index (κ1) is 26.2. The zero-order valence-corrected chi connectivity index (χ0v) is 19.4. The zero-order chi connectivity index (χ0) is 21.0. The van der Waals surface area contributed by atoms with Crippen LogP contribution in [0.2, 0.25) is 0 Å². The van der Waals surface area contributed by atoms with E-state index >= 15 is 0 Å². The molecule has 1 aliphatic rings. The second-order valence-electron chi connectivity index (χ2n) is 9.26. The van der Waals surface area contributed by atoms with Crippen LogP contribution in [0.3, 0.4) is 0 Å². The molecule has 0 aliphatic heterocycles. The molecule has 0 aromatic heterocycles. The van der Waals surface area contributed by atoms with E-state index in [2.05, 4.69) is 24.4 Å². The van der Waals surface area contributed by atoms with Crippen LogP contribution in [0.4, 0.5) is 0 Å². The number of carboxylic acids is 1. The van der Waals surface area contributed by atoms with E-state index in [4.69, 9.17) is 0 Å². The molecule has 1 rings (SSSR count). The Morgan fingerprint density at radius 2 is 1.31 bits per heavy atom. The van der Waals surface area contributed by atoms with Gasteiger partial charge in [0.05, 0.1) is 5.41 Å². The van der Waals surface area contributed by atoms with E-state index in [0.717, 1.165) is 32.2 Å². The third-order valence-electron chi connectivity index (χ3n) is 6.59. The van der Waals surface area contributed by atoms with Gasteiger partial charge in [-0.25, -0.2) is 0 Å². The first-order valence-electron chi connectivity index (χ1n) is 12.8. The van der Waals surface area contributed by atoms with Crippen molar-refractivity contribution in [2.75, 3.05) is 13.1 Å². The largest absolute Gasteiger partial charge is 0.481 e. The molecule has 29 heavy (non-hydrogen) atoms. The Morgan fingerprint density at radius 1 is 0.793 bits per heavy atom. The molecule has 1 fully saturated rings. The van der Waals surface area contributed by atoms with Gasteiger partial charge < -0.3 is 10.4 Å². The van der Waals surface area contributed by atoms with Gasteiger partial charge in [-0.2, -0.15) is 0 Å². The summed E-state index contributed by atoms with van der Waals surface area (Å²) >= 11 is 0. The van der Waals surface area contributed by atoms with Crippen LogP contribution in [0.1, 0.15) is 129 Å². The maximum atomic E-state index is 11.6. The van der Waals surface area contributed by atoms with Crippen LogP contribution >= 0.6 is 0 Å². The van der Waals surface area contributed by atoms with Crippen molar-refractivity contribution in [1.82, 2.24) is 5.32 Å². The van der Waals surface area contributed by atoms with Crippen LogP contribution in [-0.2, 0) is 4.79 Å². The van der Waals surface area contributed by atoms with Crippen LogP contribution in [-0.4, -0.2) is 24.2 Å². The lowest BCUT2D eigenvalue weighted by Gasteiger charge is -2.33. The van der Waals surface area contributed by atoms with Crippen molar-refractivity contribution in [3.05, 3.63) is 12.2 Å². The van der Waals surface area contributed by atoms with Crippen LogP contribution in [0.5, 0.6) is 0 Å². The molecule has 0 amide bonds. The van der Waals surface area contributed by atoms with Gasteiger partial charge in [0.1, 0.15) is 0 Å². The van der Waals surface area contributed by atoms with Gasteiger partial charge in [-0.1, -0.05) is 96.1 Å². The highest BCUT2D eigenvalue weighted by Crippen LogP contribution is 2.35. The standard InChI is InChI=1S/C26H49NO2/c1-2-3-4-5-6-7-8-9-10-11-12-13-14-15-16-20-23-27-24-26(25(28)29)21-18-17-19-22-26/h9-10,27H,2-8,11-24H2,1H3,(H,28,29). The molecule has 0 saturated heterocycles. The fourth-order valence-corrected chi connectivity index (χ4v) is 4.52. The van der Waals surface area contributed by atoms with E-state index in [9.17, 15) is 9.90 Å². The summed E-state index contributed by atoms with van der Waals surface area (Å²) < 4.78 is 0. The summed E-state index contributed by atoms with van der Waals surface area (Å²) in [6.07, 6.45) is 28.4. The number of unbranched alkanes of at least 4 members (excludes halogenated alkanes) is 12. The Morgan fingerprint density at radius 3 is 1.86 bits per heavy atom.